The minimum absolute atomic E-state index is 1.01. The Kier molecular flexibility index (Phi) is 38.3. The van der Waals surface area contributed by atoms with Crippen molar-refractivity contribution in [3.8, 4) is 0 Å². The van der Waals surface area contributed by atoms with Crippen LogP contribution in [0.1, 0.15) is 295 Å². The maximum atomic E-state index is 11.8. The van der Waals surface area contributed by atoms with E-state index >= 15 is 0 Å². The van der Waals surface area contributed by atoms with Gasteiger partial charge in [-0.05, 0) is 86.8 Å². The van der Waals surface area contributed by atoms with Crippen molar-refractivity contribution >= 4 is 11.4 Å². The first-order chi connectivity index (χ1) is 32.1. The molecule has 2 aromatic rings. The van der Waals surface area contributed by atoms with Crippen molar-refractivity contribution in [3.05, 3.63) is 87.5 Å². The molecule has 0 N–H and O–H groups in total. The smallest absolute Gasteiger partial charge is 0.0654 e. The third-order valence-electron chi connectivity index (χ3n) is 13.7. The Morgan fingerprint density at radius 2 is 0.569 bits per heavy atom. The van der Waals surface area contributed by atoms with Gasteiger partial charge in [-0.3, -0.25) is 0 Å². The van der Waals surface area contributed by atoms with Crippen LogP contribution in [0.4, 0.5) is 0 Å². The van der Waals surface area contributed by atoms with Crippen LogP contribution in [-0.4, -0.2) is 4.70 Å². The molecule has 0 saturated heterocycles. The van der Waals surface area contributed by atoms with E-state index in [1.807, 2.05) is 14.4 Å². The first-order valence-electron chi connectivity index (χ1n) is 28.6. The summed E-state index contributed by atoms with van der Waals surface area (Å²) in [7, 11) is 0. The molecule has 3 heteroatoms. The third kappa shape index (κ3) is 27.6. The van der Waals surface area contributed by atoms with E-state index in [2.05, 4.69) is 90.1 Å². The van der Waals surface area contributed by atoms with Crippen LogP contribution in [0.2, 0.25) is 10.8 Å². The molecule has 374 valence electrons. The van der Waals surface area contributed by atoms with E-state index < -0.39 is 0 Å². The summed E-state index contributed by atoms with van der Waals surface area (Å²) >= 11 is 2.03. The number of hydrogen-bond acceptors (Lipinski definition) is 0. The van der Waals surface area contributed by atoms with Gasteiger partial charge in [0, 0.05) is 22.3 Å². The summed E-state index contributed by atoms with van der Waals surface area (Å²) in [4.78, 5) is 0. The monoisotopic (exact) mass is 937 g/mol. The molecule has 1 heterocycles. The molecule has 0 unspecified atom stereocenters. The van der Waals surface area contributed by atoms with Crippen molar-refractivity contribution < 1.29 is 19.1 Å². The van der Waals surface area contributed by atoms with E-state index in [1.165, 1.54) is 239 Å². The number of nitrogens with zero attached hydrogens (tertiary/aromatic N) is 2. The molecule has 0 saturated carbocycles. The molecule has 3 rings (SSSR count). The molecule has 0 aromatic heterocycles. The predicted octanol–water partition coefficient (Wildman–Crippen LogP) is 22.0. The minimum Gasteiger partial charge on any atom is -0.0654 e. The molecule has 0 fully saturated rings. The van der Waals surface area contributed by atoms with E-state index in [1.54, 1.807) is 4.70 Å². The van der Waals surface area contributed by atoms with Crippen molar-refractivity contribution in [2.75, 3.05) is 0 Å². The van der Waals surface area contributed by atoms with Gasteiger partial charge >= 0.3 is 166 Å². The van der Waals surface area contributed by atoms with Crippen LogP contribution in [0, 0.1) is 0 Å². The van der Waals surface area contributed by atoms with Crippen molar-refractivity contribution in [1.29, 1.82) is 0 Å². The van der Waals surface area contributed by atoms with Crippen LogP contribution >= 0.6 is 0 Å². The van der Waals surface area contributed by atoms with E-state index in [-0.39, 0.29) is 0 Å². The van der Waals surface area contributed by atoms with Crippen molar-refractivity contribution in [2.24, 2.45) is 0 Å². The molecule has 0 radical (unpaired) electrons. The molecular formula is C62H106N2Ni. The van der Waals surface area contributed by atoms with Gasteiger partial charge in [-0.1, -0.05) is 117 Å². The molecule has 1 aliphatic rings. The Hall–Kier alpha value is -1.99. The molecule has 2 aromatic carbocycles. The summed E-state index contributed by atoms with van der Waals surface area (Å²) in [6.07, 6.45) is 51.4. The second-order valence-corrected chi connectivity index (χ2v) is 21.2. The summed E-state index contributed by atoms with van der Waals surface area (Å²) in [5.74, 6) is 0. The van der Waals surface area contributed by atoms with Gasteiger partial charge in [0.05, 0.1) is 0 Å². The van der Waals surface area contributed by atoms with Gasteiger partial charge < -0.3 is 5.53 Å². The zero-order valence-corrected chi connectivity index (χ0v) is 45.1. The zero-order chi connectivity index (χ0) is 46.8. The fourth-order valence-corrected chi connectivity index (χ4v) is 10.6. The van der Waals surface area contributed by atoms with Crippen LogP contribution < -0.4 is 0 Å². The number of aryl methyl sites for hydroxylation is 2. The van der Waals surface area contributed by atoms with Gasteiger partial charge in [0.2, 0.25) is 11.4 Å². The SMILES string of the molecule is CCCCCCCCC1=C(c2ccc(CCCC)cc2)[N+](=[N-])C(c2ccc(CCCC)cc2)=C1CCCC.CCCCCCCCCCCC[CH2][Ni][CH2]CCCCCCCCCCCC. The molecular weight excluding hydrogens is 831 g/mol. The second kappa shape index (κ2) is 42.1. The van der Waals surface area contributed by atoms with Gasteiger partial charge in [0.1, 0.15) is 0 Å². The summed E-state index contributed by atoms with van der Waals surface area (Å²) in [6, 6.07) is 18.0. The van der Waals surface area contributed by atoms with E-state index in [0.717, 1.165) is 61.0 Å². The number of unbranched alkanes of at least 4 members (excludes halogenated alkanes) is 28. The zero-order valence-electron chi connectivity index (χ0n) is 44.1. The molecule has 0 spiro atoms. The molecule has 1 aliphatic heterocycles. The van der Waals surface area contributed by atoms with Crippen molar-refractivity contribution in [2.45, 2.75) is 296 Å². The average molecular weight is 938 g/mol. The normalized spacial score (nSPS) is 12.8. The molecule has 0 atom stereocenters. The summed E-state index contributed by atoms with van der Waals surface area (Å²) < 4.78 is 1.54. The van der Waals surface area contributed by atoms with Crippen LogP contribution in [0.15, 0.2) is 59.7 Å². The van der Waals surface area contributed by atoms with Gasteiger partial charge in [0.15, 0.2) is 0 Å². The van der Waals surface area contributed by atoms with Gasteiger partial charge in [-0.15, -0.1) is 0 Å². The van der Waals surface area contributed by atoms with Gasteiger partial charge in [0.25, 0.3) is 0 Å². The summed E-state index contributed by atoms with van der Waals surface area (Å²) in [5, 5.41) is 2.86. The van der Waals surface area contributed by atoms with Crippen molar-refractivity contribution in [1.82, 2.24) is 0 Å². The Morgan fingerprint density at radius 3 is 0.892 bits per heavy atom. The van der Waals surface area contributed by atoms with Crippen LogP contribution in [-0.2, 0) is 27.3 Å². The molecule has 2 nitrogen and oxygen atoms in total. The van der Waals surface area contributed by atoms with Crippen LogP contribution in [0.5, 0.6) is 0 Å². The Bertz CT molecular complexity index is 1440. The second-order valence-electron chi connectivity index (χ2n) is 19.7. The predicted molar refractivity (Wildman–Crippen MR) is 288 cm³/mol. The number of rotatable bonds is 42. The quantitative estimate of drug-likeness (QED) is 0.0360. The Balaban J connectivity index is 0.000000476. The van der Waals surface area contributed by atoms with Gasteiger partial charge in [-0.25, -0.2) is 4.70 Å². The maximum absolute atomic E-state index is 11.8. The van der Waals surface area contributed by atoms with Crippen LogP contribution in [0.25, 0.3) is 16.9 Å². The van der Waals surface area contributed by atoms with E-state index in [0.29, 0.717) is 0 Å². The average Bonchev–Trinajstić information content (AvgIpc) is 3.61. The van der Waals surface area contributed by atoms with E-state index in [4.69, 9.17) is 0 Å². The molecule has 0 bridgehead atoms. The summed E-state index contributed by atoms with van der Waals surface area (Å²) in [6.45, 7) is 13.6. The van der Waals surface area contributed by atoms with Crippen molar-refractivity contribution in [3.63, 3.8) is 0 Å². The third-order valence-corrected chi connectivity index (χ3v) is 15.1. The Labute approximate surface area is 412 Å². The number of benzene rings is 2. The molecule has 0 aliphatic carbocycles. The fourth-order valence-electron chi connectivity index (χ4n) is 9.36. The first kappa shape index (κ1) is 59.1. The summed E-state index contributed by atoms with van der Waals surface area (Å²) in [5.41, 5.74) is 21.6. The first-order valence-corrected chi connectivity index (χ1v) is 30.0. The van der Waals surface area contributed by atoms with E-state index in [9.17, 15) is 5.53 Å². The minimum atomic E-state index is 1.01. The van der Waals surface area contributed by atoms with Gasteiger partial charge in [-0.2, -0.15) is 0 Å². The molecule has 65 heavy (non-hydrogen) atoms. The van der Waals surface area contributed by atoms with Crippen LogP contribution in [0.3, 0.4) is 0 Å². The number of hydrogen-bond donors (Lipinski definition) is 0. The Morgan fingerprint density at radius 1 is 0.308 bits per heavy atom. The topological polar surface area (TPSA) is 25.3 Å². The number of allylic oxidation sites excluding steroid dienone is 2. The molecule has 0 amide bonds. The standard InChI is InChI=1S/C36H52N2.2C13H27.Ni/c1-5-9-13-14-15-16-20-34-33(19-12-8-4)35(31-25-21-29(22-26-31)17-10-6-2)38(37)36(34)32-27-23-30(24-28-32)18-11-7-3;2*1-3-5-7-9-11-13-12-10-8-6-4-2;/h21-28H,5-20H2,1-4H3;2*1,3-13H2,2H3;. The fraction of sp³-hybridized carbons (Fsp3) is 0.742.